The molecule has 0 fully saturated rings. The van der Waals surface area contributed by atoms with E-state index in [1.807, 2.05) is 0 Å². The molecule has 0 aromatic rings. The van der Waals surface area contributed by atoms with E-state index in [9.17, 15) is 0 Å². The minimum absolute atomic E-state index is 0. The fourth-order valence-electron chi connectivity index (χ4n) is 0. The second-order valence-electron chi connectivity index (χ2n) is 0. The Bertz CT molecular complexity index is 6.00. The van der Waals surface area contributed by atoms with Crippen molar-refractivity contribution < 1.29 is 4.70 Å². The topological polar surface area (TPSA) is 70.0 Å². The molecule has 32 valence electrons. The van der Waals surface area contributed by atoms with Crippen LogP contribution in [0, 0.1) is 0 Å². The van der Waals surface area contributed by atoms with E-state index in [1.165, 1.54) is 0 Å². The normalized spacial score (nSPS) is 0. The van der Waals surface area contributed by atoms with Gasteiger partial charge in [-0.25, -0.2) is 0 Å². The maximum Gasteiger partial charge on any atom is -0.147 e. The van der Waals surface area contributed by atoms with Gasteiger partial charge in [-0.05, 0) is 0 Å². The number of hydrogen-bond donors (Lipinski definition) is 2. The summed E-state index contributed by atoms with van der Waals surface area (Å²) in [6, 6.07) is 0. The third-order valence-corrected chi connectivity index (χ3v) is 0. The first-order chi connectivity index (χ1) is 0. The summed E-state index contributed by atoms with van der Waals surface area (Å²) in [7, 11) is 0. The van der Waals surface area contributed by atoms with E-state index in [2.05, 4.69) is 0 Å². The minimum Gasteiger partial charge on any atom is -0.344 e. The van der Waals surface area contributed by atoms with Crippen molar-refractivity contribution >= 4 is 12.4 Å². The van der Waals surface area contributed by atoms with Crippen LogP contribution in [0.15, 0.2) is 0 Å². The lowest BCUT2D eigenvalue weighted by Crippen LogP contribution is -0.482. The molecule has 0 heterocycles. The van der Waals surface area contributed by atoms with Gasteiger partial charge >= 0.3 is 0 Å². The monoisotopic (exact) mass is 90.0 g/mol. The molecule has 0 aliphatic carbocycles. The Labute approximate surface area is 30.5 Å². The molecule has 0 aromatic heterocycles. The number of rotatable bonds is 0. The van der Waals surface area contributed by atoms with Gasteiger partial charge < -0.3 is 12.3 Å². The Morgan fingerprint density at radius 3 is 0.750 bits per heavy atom. The summed E-state index contributed by atoms with van der Waals surface area (Å²) in [6.07, 6.45) is 0. The molecule has 4 heteroatoms. The van der Waals surface area contributed by atoms with E-state index < -0.39 is 0 Å². The van der Waals surface area contributed by atoms with Crippen LogP contribution in [-0.4, -0.2) is 0 Å². The van der Waals surface area contributed by atoms with Crippen molar-refractivity contribution in [1.82, 2.24) is 12.3 Å². The molecule has 6 N–H and O–H groups in total. The molecule has 0 radical (unpaired) electrons. The fraction of sp³-hybridized carbons (Fsp3) is 0. The molecule has 0 saturated heterocycles. The fourth-order valence-corrected chi connectivity index (χ4v) is 0. The highest BCUT2D eigenvalue weighted by molar-refractivity contribution is 5.85. The maximum absolute atomic E-state index is 0. The lowest BCUT2D eigenvalue weighted by Gasteiger charge is -0.345. The highest BCUT2D eigenvalue weighted by Crippen LogP contribution is 0.690. The molecule has 2 nitrogen and oxygen atoms in total. The average Bonchev–Trinajstić information content (AvgIpc) is 0. The zero-order valence-corrected chi connectivity index (χ0v) is 3.05. The van der Waals surface area contributed by atoms with Crippen LogP contribution in [-0.2, 0) is 0 Å². The predicted molar refractivity (Wildman–Crippen MR) is 19.8 cm³/mol. The summed E-state index contributed by atoms with van der Waals surface area (Å²) in [6.45, 7) is 0. The van der Waals surface area contributed by atoms with Gasteiger partial charge in [0.15, 0.2) is 0 Å². The van der Waals surface area contributed by atoms with Crippen molar-refractivity contribution in [2.24, 2.45) is 0 Å². The molecular weight excluding hydrogens is 82.5 g/mol. The molecular formula is H8ClFN2. The van der Waals surface area contributed by atoms with Gasteiger partial charge in [-0.3, -0.25) is 4.70 Å². The Morgan fingerprint density at radius 1 is 0.750 bits per heavy atom. The predicted octanol–water partition coefficient (Wildman–Crippen LogP) is 0.898. The van der Waals surface area contributed by atoms with Gasteiger partial charge in [0.05, 0.1) is 0 Å². The minimum atomic E-state index is 0. The van der Waals surface area contributed by atoms with Crippen LogP contribution in [0.5, 0.6) is 0 Å². The molecule has 0 spiro atoms. The quantitative estimate of drug-likeness (QED) is 0.464. The molecule has 0 atom stereocenters. The van der Waals surface area contributed by atoms with E-state index in [4.69, 9.17) is 0 Å². The second-order valence-corrected chi connectivity index (χ2v) is 0. The number of hydrogen-bond acceptors (Lipinski definition) is 2. The molecule has 0 rings (SSSR count). The lowest BCUT2D eigenvalue weighted by molar-refractivity contribution is 1.11. The van der Waals surface area contributed by atoms with Crippen LogP contribution >= 0.6 is 12.4 Å². The molecule has 4 heavy (non-hydrogen) atoms. The van der Waals surface area contributed by atoms with Gasteiger partial charge in [0.2, 0.25) is 0 Å². The van der Waals surface area contributed by atoms with Crippen molar-refractivity contribution in [2.45, 2.75) is 0 Å². The molecule has 0 aromatic carbocycles. The van der Waals surface area contributed by atoms with Crippen molar-refractivity contribution in [3.05, 3.63) is 0 Å². The third kappa shape index (κ3) is 142. The highest BCUT2D eigenvalue weighted by atomic mass is 35.5. The molecule has 0 aliphatic rings. The van der Waals surface area contributed by atoms with Gasteiger partial charge in [0.25, 0.3) is 0 Å². The summed E-state index contributed by atoms with van der Waals surface area (Å²) < 4.78 is 0. The Balaban J connectivity index is 0. The lowest BCUT2D eigenvalue weighted by atomic mass is 14.0. The van der Waals surface area contributed by atoms with Gasteiger partial charge in [-0.15, -0.1) is 12.4 Å². The first-order valence-corrected chi connectivity index (χ1v) is 0. The van der Waals surface area contributed by atoms with E-state index in [1.54, 1.807) is 0 Å². The van der Waals surface area contributed by atoms with Crippen LogP contribution in [0.2, 0.25) is 0 Å². The van der Waals surface area contributed by atoms with Crippen LogP contribution in [0.25, 0.3) is 0 Å². The van der Waals surface area contributed by atoms with Crippen LogP contribution < -0.4 is 12.3 Å². The molecule has 0 aliphatic heterocycles. The summed E-state index contributed by atoms with van der Waals surface area (Å²) in [5.41, 5.74) is 0. The van der Waals surface area contributed by atoms with Gasteiger partial charge in [0.1, 0.15) is 0 Å². The first kappa shape index (κ1) is 2080. The smallest absolute Gasteiger partial charge is 0.147 e. The Hall–Kier alpha value is 0.140. The zero-order valence-electron chi connectivity index (χ0n) is 2.23. The van der Waals surface area contributed by atoms with Crippen molar-refractivity contribution in [3.8, 4) is 0 Å². The number of halogens is 2. The van der Waals surface area contributed by atoms with Gasteiger partial charge in [0, 0.05) is 0 Å². The standard InChI is InChI=1S/ClH.FH.2H3N/h2*1H;2*1H3. The van der Waals surface area contributed by atoms with Crippen LogP contribution in [0.3, 0.4) is 0 Å². The summed E-state index contributed by atoms with van der Waals surface area (Å²) in [5.74, 6) is 0. The molecule has 0 unspecified atom stereocenters. The SMILES string of the molecule is Cl.F.N.N. The van der Waals surface area contributed by atoms with Gasteiger partial charge in [-0.1, -0.05) is 0 Å². The first-order valence-electron chi connectivity index (χ1n) is 0. The van der Waals surface area contributed by atoms with Gasteiger partial charge in [-0.2, -0.15) is 0 Å². The van der Waals surface area contributed by atoms with E-state index in [0.29, 0.717) is 0 Å². The molecule has 0 bridgehead atoms. The molecule has 0 amide bonds. The molecule has 0 saturated carbocycles. The van der Waals surface area contributed by atoms with Crippen molar-refractivity contribution in [1.29, 1.82) is 0 Å². The van der Waals surface area contributed by atoms with Crippen molar-refractivity contribution in [3.63, 3.8) is 0 Å². The van der Waals surface area contributed by atoms with E-state index >= 15 is 0 Å². The summed E-state index contributed by atoms with van der Waals surface area (Å²) in [4.78, 5) is 0. The largest absolute Gasteiger partial charge is 0.344 e. The Kier molecular flexibility index (Phi) is 382000. The second kappa shape index (κ2) is 734. The van der Waals surface area contributed by atoms with E-state index in [-0.39, 0.29) is 29.4 Å². The zero-order chi connectivity index (χ0) is 0. The highest BCUT2D eigenvalue weighted by Gasteiger charge is -0.147. The average molecular weight is 90.5 g/mol. The summed E-state index contributed by atoms with van der Waals surface area (Å²) in [5, 5.41) is 0. The Morgan fingerprint density at radius 2 is 0.750 bits per heavy atom. The summed E-state index contributed by atoms with van der Waals surface area (Å²) >= 11 is 0. The van der Waals surface area contributed by atoms with Crippen LogP contribution in [0.1, 0.15) is 0 Å². The van der Waals surface area contributed by atoms with Crippen LogP contribution in [0.4, 0.5) is 4.70 Å². The maximum atomic E-state index is 0. The van der Waals surface area contributed by atoms with E-state index in [0.717, 1.165) is 0 Å². The van der Waals surface area contributed by atoms with Crippen molar-refractivity contribution in [2.75, 3.05) is 0 Å². The third-order valence-electron chi connectivity index (χ3n) is 0.